The molecule has 7 heteroatoms. The molecule has 0 aliphatic heterocycles. The van der Waals surface area contributed by atoms with Gasteiger partial charge < -0.3 is 23.5 Å². The molecule has 0 bridgehead atoms. The lowest BCUT2D eigenvalue weighted by Gasteiger charge is -2.27. The molecule has 2 aromatic heterocycles. The molecule has 0 unspecified atom stereocenters. The average Bonchev–Trinajstić information content (AvgIpc) is 3.45. The van der Waals surface area contributed by atoms with Gasteiger partial charge in [-0.05, 0) is 29.8 Å². The Morgan fingerprint density at radius 1 is 1.03 bits per heavy atom. The number of amides is 2. The summed E-state index contributed by atoms with van der Waals surface area (Å²) in [6, 6.07) is 17.2. The second kappa shape index (κ2) is 11.7. The molecule has 0 saturated heterocycles. The van der Waals surface area contributed by atoms with Crippen molar-refractivity contribution in [1.82, 2.24) is 14.4 Å². The SMILES string of the molecule is C=CCN(CC(=O)N(Cc1ccco1)Cc1cccn1C)C(=O)COCc1ccccc1. The zero-order chi connectivity index (χ0) is 22.8. The van der Waals surface area contributed by atoms with Crippen molar-refractivity contribution in [1.29, 1.82) is 0 Å². The van der Waals surface area contributed by atoms with Crippen molar-refractivity contribution < 1.29 is 18.7 Å². The third-order valence-electron chi connectivity index (χ3n) is 5.05. The lowest BCUT2D eigenvalue weighted by atomic mass is 10.2. The van der Waals surface area contributed by atoms with Gasteiger partial charge >= 0.3 is 0 Å². The summed E-state index contributed by atoms with van der Waals surface area (Å²) in [6.45, 7) is 4.87. The van der Waals surface area contributed by atoms with Gasteiger partial charge in [-0.15, -0.1) is 6.58 Å². The summed E-state index contributed by atoms with van der Waals surface area (Å²) in [5.74, 6) is 0.243. The fourth-order valence-corrected chi connectivity index (χ4v) is 3.27. The first-order chi connectivity index (χ1) is 15.6. The highest BCUT2D eigenvalue weighted by Crippen LogP contribution is 2.12. The molecule has 2 heterocycles. The van der Waals surface area contributed by atoms with Crippen LogP contribution in [0.1, 0.15) is 17.0 Å². The van der Waals surface area contributed by atoms with Crippen LogP contribution in [0, 0.1) is 0 Å². The molecule has 0 atom stereocenters. The number of carbonyl (C=O) groups is 2. The fourth-order valence-electron chi connectivity index (χ4n) is 3.27. The maximum absolute atomic E-state index is 13.2. The molecule has 0 spiro atoms. The van der Waals surface area contributed by atoms with Crippen LogP contribution in [0.25, 0.3) is 0 Å². The van der Waals surface area contributed by atoms with Crippen molar-refractivity contribution in [2.24, 2.45) is 7.05 Å². The van der Waals surface area contributed by atoms with Crippen LogP contribution in [0.2, 0.25) is 0 Å². The molecule has 0 saturated carbocycles. The van der Waals surface area contributed by atoms with Gasteiger partial charge in [0.15, 0.2) is 0 Å². The van der Waals surface area contributed by atoms with Crippen LogP contribution in [-0.4, -0.2) is 45.9 Å². The highest BCUT2D eigenvalue weighted by molar-refractivity contribution is 5.85. The van der Waals surface area contributed by atoms with Gasteiger partial charge in [-0.25, -0.2) is 0 Å². The van der Waals surface area contributed by atoms with Gasteiger partial charge in [-0.1, -0.05) is 36.4 Å². The van der Waals surface area contributed by atoms with Crippen molar-refractivity contribution in [3.05, 3.63) is 96.7 Å². The van der Waals surface area contributed by atoms with E-state index in [0.717, 1.165) is 11.3 Å². The van der Waals surface area contributed by atoms with Crippen molar-refractivity contribution in [2.45, 2.75) is 19.7 Å². The van der Waals surface area contributed by atoms with Crippen molar-refractivity contribution in [3.8, 4) is 0 Å². The number of benzene rings is 1. The summed E-state index contributed by atoms with van der Waals surface area (Å²) < 4.78 is 13.0. The quantitative estimate of drug-likeness (QED) is 0.409. The summed E-state index contributed by atoms with van der Waals surface area (Å²) in [7, 11) is 1.93. The standard InChI is InChI=1S/C25H29N3O4/c1-3-13-27(25(30)20-31-19-21-9-5-4-6-10-21)18-24(29)28(17-23-12-8-15-32-23)16-22-11-7-14-26(22)2/h3-12,14-15H,1,13,16-20H2,2H3. The van der Waals surface area contributed by atoms with Gasteiger partial charge in [0.05, 0.1) is 26.0 Å². The van der Waals surface area contributed by atoms with E-state index >= 15 is 0 Å². The first kappa shape index (κ1) is 23.1. The van der Waals surface area contributed by atoms with E-state index in [1.807, 2.05) is 66.3 Å². The molecular formula is C25H29N3O4. The van der Waals surface area contributed by atoms with Gasteiger partial charge in [-0.3, -0.25) is 9.59 Å². The van der Waals surface area contributed by atoms with E-state index in [0.29, 0.717) is 25.5 Å². The monoisotopic (exact) mass is 435 g/mol. The number of aromatic nitrogens is 1. The molecule has 7 nitrogen and oxygen atoms in total. The fraction of sp³-hybridized carbons (Fsp3) is 0.280. The smallest absolute Gasteiger partial charge is 0.249 e. The Morgan fingerprint density at radius 3 is 2.50 bits per heavy atom. The van der Waals surface area contributed by atoms with Gasteiger partial charge in [0.25, 0.3) is 0 Å². The second-order valence-electron chi connectivity index (χ2n) is 7.48. The van der Waals surface area contributed by atoms with Crippen LogP contribution in [0.15, 0.2) is 84.1 Å². The van der Waals surface area contributed by atoms with Crippen LogP contribution < -0.4 is 0 Å². The molecule has 3 aromatic rings. The summed E-state index contributed by atoms with van der Waals surface area (Å²) >= 11 is 0. The third kappa shape index (κ3) is 6.72. The van der Waals surface area contributed by atoms with E-state index in [-0.39, 0.29) is 31.5 Å². The average molecular weight is 436 g/mol. The highest BCUT2D eigenvalue weighted by atomic mass is 16.5. The Kier molecular flexibility index (Phi) is 8.45. The van der Waals surface area contributed by atoms with Crippen LogP contribution in [0.3, 0.4) is 0 Å². The third-order valence-corrected chi connectivity index (χ3v) is 5.05. The molecule has 0 aliphatic carbocycles. The Hall–Kier alpha value is -3.58. The van der Waals surface area contributed by atoms with Gasteiger partial charge in [-0.2, -0.15) is 0 Å². The largest absolute Gasteiger partial charge is 0.467 e. The van der Waals surface area contributed by atoms with Crippen LogP contribution in [-0.2, 0) is 41.1 Å². The molecular weight excluding hydrogens is 406 g/mol. The molecule has 168 valence electrons. The van der Waals surface area contributed by atoms with E-state index in [9.17, 15) is 9.59 Å². The van der Waals surface area contributed by atoms with Crippen LogP contribution in [0.5, 0.6) is 0 Å². The molecule has 0 radical (unpaired) electrons. The van der Waals surface area contributed by atoms with Crippen molar-refractivity contribution >= 4 is 11.8 Å². The lowest BCUT2D eigenvalue weighted by Crippen LogP contribution is -2.43. The van der Waals surface area contributed by atoms with Gasteiger partial charge in [0.2, 0.25) is 11.8 Å². The predicted molar refractivity (Wildman–Crippen MR) is 121 cm³/mol. The molecule has 0 fully saturated rings. The van der Waals surface area contributed by atoms with Crippen LogP contribution in [0.4, 0.5) is 0 Å². The second-order valence-corrected chi connectivity index (χ2v) is 7.48. The number of furan rings is 1. The minimum atomic E-state index is -0.258. The number of rotatable bonds is 12. The molecule has 1 aromatic carbocycles. The maximum atomic E-state index is 13.2. The number of aryl methyl sites for hydroxylation is 1. The lowest BCUT2D eigenvalue weighted by molar-refractivity contribution is -0.143. The first-order valence-electron chi connectivity index (χ1n) is 10.5. The van der Waals surface area contributed by atoms with Crippen molar-refractivity contribution in [2.75, 3.05) is 19.7 Å². The van der Waals surface area contributed by atoms with Crippen molar-refractivity contribution in [3.63, 3.8) is 0 Å². The summed E-state index contributed by atoms with van der Waals surface area (Å²) in [4.78, 5) is 29.1. The number of ether oxygens (including phenoxy) is 1. The summed E-state index contributed by atoms with van der Waals surface area (Å²) in [5, 5.41) is 0. The Morgan fingerprint density at radius 2 is 1.84 bits per heavy atom. The molecule has 3 rings (SSSR count). The van der Waals surface area contributed by atoms with Gasteiger partial charge in [0.1, 0.15) is 18.9 Å². The number of carbonyl (C=O) groups excluding carboxylic acids is 2. The molecule has 2 amide bonds. The van der Waals surface area contributed by atoms with E-state index < -0.39 is 0 Å². The molecule has 32 heavy (non-hydrogen) atoms. The van der Waals surface area contributed by atoms with E-state index in [2.05, 4.69) is 6.58 Å². The zero-order valence-corrected chi connectivity index (χ0v) is 18.4. The van der Waals surface area contributed by atoms with Crippen LogP contribution >= 0.6 is 0 Å². The first-order valence-corrected chi connectivity index (χ1v) is 10.5. The number of hydrogen-bond donors (Lipinski definition) is 0. The molecule has 0 aliphatic rings. The van der Waals surface area contributed by atoms with E-state index in [1.54, 1.807) is 23.3 Å². The minimum Gasteiger partial charge on any atom is -0.467 e. The normalized spacial score (nSPS) is 10.7. The summed E-state index contributed by atoms with van der Waals surface area (Å²) in [5.41, 5.74) is 1.97. The zero-order valence-electron chi connectivity index (χ0n) is 18.4. The Balaban J connectivity index is 1.62. The van der Waals surface area contributed by atoms with E-state index in [1.165, 1.54) is 4.90 Å². The number of nitrogens with zero attached hydrogens (tertiary/aromatic N) is 3. The molecule has 0 N–H and O–H groups in total. The predicted octanol–water partition coefficient (Wildman–Crippen LogP) is 3.38. The van der Waals surface area contributed by atoms with E-state index in [4.69, 9.17) is 9.15 Å². The summed E-state index contributed by atoms with van der Waals surface area (Å²) in [6.07, 6.45) is 5.12. The highest BCUT2D eigenvalue weighted by Gasteiger charge is 2.22. The minimum absolute atomic E-state index is 0.0648. The topological polar surface area (TPSA) is 67.9 Å². The number of hydrogen-bond acceptors (Lipinski definition) is 4. The Bertz CT molecular complexity index is 995. The maximum Gasteiger partial charge on any atom is 0.249 e. The van der Waals surface area contributed by atoms with Gasteiger partial charge in [0, 0.05) is 25.5 Å². The Labute approximate surface area is 188 Å².